The molecule has 4 rings (SSSR count). The molecule has 1 aliphatic heterocycles. The van der Waals surface area contributed by atoms with E-state index in [1.165, 1.54) is 11.1 Å². The van der Waals surface area contributed by atoms with Gasteiger partial charge < -0.3 is 20.1 Å². The smallest absolute Gasteiger partial charge is 0.410 e. The summed E-state index contributed by atoms with van der Waals surface area (Å²) in [6.45, 7) is 6.83. The minimum Gasteiger partial charge on any atom is -0.481 e. The number of carboxylic acids is 1. The van der Waals surface area contributed by atoms with E-state index in [4.69, 9.17) is 4.74 Å². The second-order valence-electron chi connectivity index (χ2n) is 10.3. The number of amides is 1. The lowest BCUT2D eigenvalue weighted by molar-refractivity contribution is -0.144. The zero-order valence-electron chi connectivity index (χ0n) is 21.1. The van der Waals surface area contributed by atoms with E-state index in [1.54, 1.807) is 4.90 Å². The van der Waals surface area contributed by atoms with E-state index < -0.39 is 23.6 Å². The number of benzene rings is 3. The van der Waals surface area contributed by atoms with Gasteiger partial charge in [-0.05, 0) is 61.6 Å². The van der Waals surface area contributed by atoms with Gasteiger partial charge in [-0.25, -0.2) is 4.79 Å². The summed E-state index contributed by atoms with van der Waals surface area (Å²) in [6, 6.07) is 26.6. The van der Waals surface area contributed by atoms with Crippen LogP contribution in [0.4, 0.5) is 10.5 Å². The fourth-order valence-electron chi connectivity index (χ4n) is 4.61. The average Bonchev–Trinajstić information content (AvgIpc) is 2.87. The average molecular weight is 487 g/mol. The molecule has 2 atom stereocenters. The van der Waals surface area contributed by atoms with E-state index >= 15 is 0 Å². The second kappa shape index (κ2) is 10.9. The molecule has 3 aromatic carbocycles. The van der Waals surface area contributed by atoms with Crippen molar-refractivity contribution in [1.82, 2.24) is 4.90 Å². The summed E-state index contributed by atoms with van der Waals surface area (Å²) in [7, 11) is 0. The molecular formula is C30H34N2O4. The Labute approximate surface area is 212 Å². The van der Waals surface area contributed by atoms with Crippen molar-refractivity contribution in [3.05, 3.63) is 90.0 Å². The maximum atomic E-state index is 12.7. The molecule has 6 heteroatoms. The number of carbonyl (C=O) groups is 2. The van der Waals surface area contributed by atoms with Crippen LogP contribution in [0.3, 0.4) is 0 Å². The first-order chi connectivity index (χ1) is 17.2. The van der Waals surface area contributed by atoms with E-state index in [9.17, 15) is 14.7 Å². The molecule has 1 heterocycles. The minimum absolute atomic E-state index is 0.310. The number of piperidine rings is 1. The Morgan fingerprint density at radius 2 is 1.67 bits per heavy atom. The van der Waals surface area contributed by atoms with Gasteiger partial charge in [0.1, 0.15) is 5.60 Å². The molecule has 3 aromatic rings. The van der Waals surface area contributed by atoms with Crippen molar-refractivity contribution in [2.45, 2.75) is 45.3 Å². The molecule has 0 saturated carbocycles. The molecular weight excluding hydrogens is 452 g/mol. The number of rotatable bonds is 6. The van der Waals surface area contributed by atoms with Gasteiger partial charge in [-0.1, -0.05) is 66.7 Å². The molecule has 1 aliphatic rings. The Morgan fingerprint density at radius 3 is 2.33 bits per heavy atom. The molecule has 2 N–H and O–H groups in total. The number of anilines is 1. The van der Waals surface area contributed by atoms with Crippen molar-refractivity contribution in [3.8, 4) is 11.1 Å². The highest BCUT2D eigenvalue weighted by Crippen LogP contribution is 2.34. The maximum Gasteiger partial charge on any atom is 0.410 e. The van der Waals surface area contributed by atoms with E-state index in [0.29, 0.717) is 26.1 Å². The summed E-state index contributed by atoms with van der Waals surface area (Å²) >= 11 is 0. The Balaban J connectivity index is 1.45. The molecule has 0 bridgehead atoms. The van der Waals surface area contributed by atoms with Crippen LogP contribution in [0.25, 0.3) is 11.1 Å². The Kier molecular flexibility index (Phi) is 7.63. The molecule has 1 amide bonds. The Hall–Kier alpha value is -3.80. The maximum absolute atomic E-state index is 12.7. The van der Waals surface area contributed by atoms with Crippen molar-refractivity contribution in [1.29, 1.82) is 0 Å². The van der Waals surface area contributed by atoms with Gasteiger partial charge in [0, 0.05) is 31.2 Å². The van der Waals surface area contributed by atoms with Gasteiger partial charge in [0.25, 0.3) is 0 Å². The Bertz CT molecular complexity index is 1190. The van der Waals surface area contributed by atoms with Gasteiger partial charge in [0.15, 0.2) is 0 Å². The van der Waals surface area contributed by atoms with Gasteiger partial charge in [-0.3, -0.25) is 4.79 Å². The molecule has 0 radical (unpaired) electrons. The molecule has 0 aliphatic carbocycles. The summed E-state index contributed by atoms with van der Waals surface area (Å²) in [4.78, 5) is 26.3. The van der Waals surface area contributed by atoms with Crippen LogP contribution in [-0.4, -0.2) is 40.8 Å². The lowest BCUT2D eigenvalue weighted by Crippen LogP contribution is -2.46. The lowest BCUT2D eigenvalue weighted by Gasteiger charge is -2.37. The quantitative estimate of drug-likeness (QED) is 0.422. The molecule has 1 fully saturated rings. The first kappa shape index (κ1) is 25.3. The molecule has 36 heavy (non-hydrogen) atoms. The van der Waals surface area contributed by atoms with Crippen LogP contribution in [-0.2, 0) is 16.1 Å². The van der Waals surface area contributed by atoms with E-state index in [2.05, 4.69) is 41.7 Å². The summed E-state index contributed by atoms with van der Waals surface area (Å²) in [5.74, 6) is -1.69. The number of hydrogen-bond acceptors (Lipinski definition) is 4. The second-order valence-corrected chi connectivity index (χ2v) is 10.3. The predicted octanol–water partition coefficient (Wildman–Crippen LogP) is 6.39. The van der Waals surface area contributed by atoms with Crippen molar-refractivity contribution in [3.63, 3.8) is 0 Å². The fourth-order valence-corrected chi connectivity index (χ4v) is 4.61. The van der Waals surface area contributed by atoms with Crippen molar-refractivity contribution < 1.29 is 19.4 Å². The number of carbonyl (C=O) groups excluding carboxylic acids is 1. The molecule has 1 saturated heterocycles. The molecule has 188 valence electrons. The number of hydrogen-bond donors (Lipinski definition) is 2. The fraction of sp³-hybridized carbons (Fsp3) is 0.333. The number of aliphatic carboxylic acids is 1. The summed E-state index contributed by atoms with van der Waals surface area (Å²) in [6.07, 6.45) is -0.00503. The zero-order valence-corrected chi connectivity index (χ0v) is 21.1. The van der Waals surface area contributed by atoms with Crippen LogP contribution in [0.15, 0.2) is 78.9 Å². The number of ether oxygens (including phenoxy) is 1. The highest BCUT2D eigenvalue weighted by molar-refractivity contribution is 5.74. The van der Waals surface area contributed by atoms with Crippen LogP contribution in [0.5, 0.6) is 0 Å². The van der Waals surface area contributed by atoms with Crippen LogP contribution in [0.1, 0.15) is 44.2 Å². The SMILES string of the molecule is CC(C)(C)OC(=O)N1CCC(C(=O)O)C(c2cccc(NCc3ccc(-c4ccccc4)cc3)c2)C1. The van der Waals surface area contributed by atoms with Crippen molar-refractivity contribution in [2.75, 3.05) is 18.4 Å². The molecule has 0 spiro atoms. The number of likely N-dealkylation sites (tertiary alicyclic amines) is 1. The normalized spacial score (nSPS) is 17.9. The molecule has 2 unspecified atom stereocenters. The van der Waals surface area contributed by atoms with Crippen LogP contribution in [0.2, 0.25) is 0 Å². The predicted molar refractivity (Wildman–Crippen MR) is 142 cm³/mol. The van der Waals surface area contributed by atoms with Crippen LogP contribution >= 0.6 is 0 Å². The summed E-state index contributed by atoms with van der Waals surface area (Å²) in [5.41, 5.74) is 4.73. The summed E-state index contributed by atoms with van der Waals surface area (Å²) in [5, 5.41) is 13.3. The number of nitrogens with one attached hydrogen (secondary N) is 1. The highest BCUT2D eigenvalue weighted by Gasteiger charge is 2.38. The van der Waals surface area contributed by atoms with E-state index in [-0.39, 0.29) is 5.92 Å². The minimum atomic E-state index is -0.833. The number of carboxylic acid groups (broad SMARTS) is 1. The molecule has 6 nitrogen and oxygen atoms in total. The summed E-state index contributed by atoms with van der Waals surface area (Å²) < 4.78 is 5.53. The topological polar surface area (TPSA) is 78.9 Å². The van der Waals surface area contributed by atoms with Gasteiger partial charge in [0.2, 0.25) is 0 Å². The molecule has 0 aromatic heterocycles. The van der Waals surface area contributed by atoms with Gasteiger partial charge in [-0.2, -0.15) is 0 Å². The first-order valence-electron chi connectivity index (χ1n) is 12.4. The third-order valence-corrected chi connectivity index (χ3v) is 6.45. The van der Waals surface area contributed by atoms with E-state index in [0.717, 1.165) is 16.8 Å². The monoisotopic (exact) mass is 486 g/mol. The van der Waals surface area contributed by atoms with Gasteiger partial charge in [0.05, 0.1) is 5.92 Å². The van der Waals surface area contributed by atoms with Crippen molar-refractivity contribution in [2.24, 2.45) is 5.92 Å². The zero-order chi connectivity index (χ0) is 25.7. The van der Waals surface area contributed by atoms with Crippen molar-refractivity contribution >= 4 is 17.7 Å². The first-order valence-corrected chi connectivity index (χ1v) is 12.4. The lowest BCUT2D eigenvalue weighted by atomic mass is 9.80. The number of nitrogens with zero attached hydrogens (tertiary/aromatic N) is 1. The van der Waals surface area contributed by atoms with Gasteiger partial charge >= 0.3 is 12.1 Å². The highest BCUT2D eigenvalue weighted by atomic mass is 16.6. The Morgan fingerprint density at radius 1 is 0.972 bits per heavy atom. The van der Waals surface area contributed by atoms with Crippen LogP contribution < -0.4 is 5.32 Å². The third-order valence-electron chi connectivity index (χ3n) is 6.45. The largest absolute Gasteiger partial charge is 0.481 e. The van der Waals surface area contributed by atoms with E-state index in [1.807, 2.05) is 63.2 Å². The van der Waals surface area contributed by atoms with Gasteiger partial charge in [-0.15, -0.1) is 0 Å². The third kappa shape index (κ3) is 6.45. The van der Waals surface area contributed by atoms with Crippen LogP contribution in [0, 0.1) is 5.92 Å². The standard InChI is InChI=1S/C30H34N2O4/c1-30(2,3)36-29(35)32-17-16-26(28(33)34)27(20-32)24-10-7-11-25(18-24)31-19-21-12-14-23(15-13-21)22-8-5-4-6-9-22/h4-15,18,26-27,31H,16-17,19-20H2,1-3H3,(H,33,34).